The third-order valence-corrected chi connectivity index (χ3v) is 0.564. The van der Waals surface area contributed by atoms with Gasteiger partial charge in [-0.1, -0.05) is 0 Å². The van der Waals surface area contributed by atoms with Crippen molar-refractivity contribution in [3.8, 4) is 0 Å². The molecule has 0 heterocycles. The molecule has 0 atom stereocenters. The number of Topliss-reactive ketones (excluding diaryl/α,β-unsaturated/α-hetero) is 1. The van der Waals surface area contributed by atoms with Gasteiger partial charge in [0.1, 0.15) is 0 Å². The Hall–Kier alpha value is -0.800. The second-order valence-corrected chi connectivity index (χ2v) is 1.40. The molecule has 0 aromatic carbocycles. The van der Waals surface area contributed by atoms with E-state index in [9.17, 15) is 13.6 Å². The monoisotopic (exact) mass is 121 g/mol. The van der Waals surface area contributed by atoms with Crippen LogP contribution in [0.5, 0.6) is 0 Å². The molecular weight excluding hydrogens is 116 g/mol. The van der Waals surface area contributed by atoms with Crippen LogP contribution in [-0.2, 0) is 4.79 Å². The lowest BCUT2D eigenvalue weighted by Crippen LogP contribution is -2.24. The summed E-state index contributed by atoms with van der Waals surface area (Å²) in [5.41, 5.74) is 0. The smallest absolute Gasteiger partial charge is 0.305 e. The molecule has 2 nitrogen and oxygen atoms in total. The van der Waals surface area contributed by atoms with Gasteiger partial charge in [0.2, 0.25) is 5.78 Å². The SMILES string of the molecule is CC(F)(F)C(=O)C=N. The first kappa shape index (κ1) is 7.20. The van der Waals surface area contributed by atoms with Crippen molar-refractivity contribution in [2.45, 2.75) is 12.8 Å². The van der Waals surface area contributed by atoms with Gasteiger partial charge in [0.15, 0.2) is 0 Å². The Kier molecular flexibility index (Phi) is 1.78. The number of carbonyl (C=O) groups excluding carboxylic acids is 1. The van der Waals surface area contributed by atoms with Crippen LogP contribution in [0.1, 0.15) is 6.92 Å². The summed E-state index contributed by atoms with van der Waals surface area (Å²) >= 11 is 0. The molecule has 46 valence electrons. The summed E-state index contributed by atoms with van der Waals surface area (Å²) < 4.78 is 23.2. The average molecular weight is 121 g/mol. The van der Waals surface area contributed by atoms with Crippen molar-refractivity contribution in [2.75, 3.05) is 0 Å². The fourth-order valence-corrected chi connectivity index (χ4v) is 0.127. The van der Waals surface area contributed by atoms with Crippen molar-refractivity contribution in [2.24, 2.45) is 0 Å². The average Bonchev–Trinajstić information content (AvgIpc) is 1.62. The van der Waals surface area contributed by atoms with Gasteiger partial charge < -0.3 is 5.41 Å². The van der Waals surface area contributed by atoms with Gasteiger partial charge in [-0.05, 0) is 0 Å². The van der Waals surface area contributed by atoms with E-state index in [1.807, 2.05) is 0 Å². The molecule has 0 spiro atoms. The molecule has 0 aromatic heterocycles. The maximum atomic E-state index is 11.6. The normalized spacial score (nSPS) is 10.9. The second-order valence-electron chi connectivity index (χ2n) is 1.40. The lowest BCUT2D eigenvalue weighted by Gasteiger charge is -2.01. The molecule has 0 amide bonds. The number of alkyl halides is 2. The largest absolute Gasteiger partial charge is 0.307 e. The Bertz CT molecular complexity index is 116. The number of halogens is 2. The van der Waals surface area contributed by atoms with Crippen LogP contribution in [0.4, 0.5) is 8.78 Å². The van der Waals surface area contributed by atoms with Crippen LogP contribution in [0, 0.1) is 5.41 Å². The molecule has 0 aliphatic carbocycles. The molecule has 8 heavy (non-hydrogen) atoms. The zero-order valence-electron chi connectivity index (χ0n) is 4.24. The Balaban J connectivity index is 4.02. The van der Waals surface area contributed by atoms with Gasteiger partial charge in [-0.2, -0.15) is 8.78 Å². The van der Waals surface area contributed by atoms with Crippen molar-refractivity contribution >= 4 is 12.0 Å². The summed E-state index contributed by atoms with van der Waals surface area (Å²) in [6, 6.07) is 0. The Morgan fingerprint density at radius 3 is 2.12 bits per heavy atom. The highest BCUT2D eigenvalue weighted by Gasteiger charge is 2.29. The summed E-state index contributed by atoms with van der Waals surface area (Å²) in [6.07, 6.45) is 0.111. The standard InChI is InChI=1S/C4H5F2NO/c1-4(5,6)3(8)2-7/h2,7H,1H3. The molecule has 0 saturated carbocycles. The first-order chi connectivity index (χ1) is 3.48. The minimum atomic E-state index is -3.37. The molecule has 0 aliphatic heterocycles. The number of hydrogen-bond donors (Lipinski definition) is 1. The van der Waals surface area contributed by atoms with E-state index in [1.165, 1.54) is 0 Å². The highest BCUT2D eigenvalue weighted by molar-refractivity contribution is 6.29. The highest BCUT2D eigenvalue weighted by Crippen LogP contribution is 2.10. The minimum absolute atomic E-state index is 0.111. The van der Waals surface area contributed by atoms with Gasteiger partial charge >= 0.3 is 5.92 Å². The minimum Gasteiger partial charge on any atom is -0.305 e. The molecule has 0 radical (unpaired) electrons. The summed E-state index contributed by atoms with van der Waals surface area (Å²) in [7, 11) is 0. The maximum Gasteiger partial charge on any atom is 0.307 e. The highest BCUT2D eigenvalue weighted by atomic mass is 19.3. The molecule has 4 heteroatoms. The van der Waals surface area contributed by atoms with E-state index in [4.69, 9.17) is 5.41 Å². The van der Waals surface area contributed by atoms with E-state index in [0.717, 1.165) is 0 Å². The molecule has 1 N–H and O–H groups in total. The van der Waals surface area contributed by atoms with Crippen molar-refractivity contribution in [3.63, 3.8) is 0 Å². The summed E-state index contributed by atoms with van der Waals surface area (Å²) in [5, 5.41) is 6.11. The lowest BCUT2D eigenvalue weighted by molar-refractivity contribution is -0.132. The summed E-state index contributed by atoms with van der Waals surface area (Å²) in [4.78, 5) is 9.84. The zero-order chi connectivity index (χ0) is 6.78. The molecule has 0 bridgehead atoms. The van der Waals surface area contributed by atoms with Crippen molar-refractivity contribution in [3.05, 3.63) is 0 Å². The molecular formula is C4H5F2NO. The van der Waals surface area contributed by atoms with E-state index in [-0.39, 0.29) is 6.21 Å². The van der Waals surface area contributed by atoms with E-state index < -0.39 is 11.7 Å². The first-order valence-corrected chi connectivity index (χ1v) is 1.91. The summed E-state index contributed by atoms with van der Waals surface area (Å²) in [5.74, 6) is -4.83. The quantitative estimate of drug-likeness (QED) is 0.541. The van der Waals surface area contributed by atoms with E-state index >= 15 is 0 Å². The predicted octanol–water partition coefficient (Wildman–Crippen LogP) is 0.860. The van der Waals surface area contributed by atoms with Gasteiger partial charge in [0.25, 0.3) is 0 Å². The van der Waals surface area contributed by atoms with Crippen molar-refractivity contribution in [1.29, 1.82) is 5.41 Å². The van der Waals surface area contributed by atoms with Gasteiger partial charge in [-0.3, -0.25) is 4.79 Å². The summed E-state index contributed by atoms with van der Waals surface area (Å²) in [6.45, 7) is 0.459. The molecule has 0 aliphatic rings. The fourth-order valence-electron chi connectivity index (χ4n) is 0.127. The third-order valence-electron chi connectivity index (χ3n) is 0.564. The first-order valence-electron chi connectivity index (χ1n) is 1.91. The van der Waals surface area contributed by atoms with Crippen LogP contribution in [0.2, 0.25) is 0 Å². The van der Waals surface area contributed by atoms with Gasteiger partial charge in [-0.15, -0.1) is 0 Å². The fraction of sp³-hybridized carbons (Fsp3) is 0.500. The molecule has 0 fully saturated rings. The number of ketones is 1. The van der Waals surface area contributed by atoms with Gasteiger partial charge in [0.05, 0.1) is 6.21 Å². The van der Waals surface area contributed by atoms with E-state index in [1.54, 1.807) is 0 Å². The Morgan fingerprint density at radius 1 is 1.75 bits per heavy atom. The Morgan fingerprint density at radius 2 is 2.12 bits per heavy atom. The number of hydrogen-bond acceptors (Lipinski definition) is 2. The zero-order valence-corrected chi connectivity index (χ0v) is 4.24. The van der Waals surface area contributed by atoms with Crippen molar-refractivity contribution < 1.29 is 13.6 Å². The van der Waals surface area contributed by atoms with Crippen LogP contribution in [0.15, 0.2) is 0 Å². The molecule has 0 saturated heterocycles. The predicted molar refractivity (Wildman–Crippen MR) is 24.4 cm³/mol. The number of carbonyl (C=O) groups is 1. The molecule has 0 rings (SSSR count). The number of nitrogens with one attached hydrogen (secondary N) is 1. The Labute approximate surface area is 45.0 Å². The topological polar surface area (TPSA) is 40.9 Å². The second kappa shape index (κ2) is 1.98. The van der Waals surface area contributed by atoms with E-state index in [0.29, 0.717) is 6.92 Å². The molecule has 0 unspecified atom stereocenters. The third kappa shape index (κ3) is 1.77. The van der Waals surface area contributed by atoms with Crippen LogP contribution < -0.4 is 0 Å². The van der Waals surface area contributed by atoms with Gasteiger partial charge in [-0.25, -0.2) is 0 Å². The van der Waals surface area contributed by atoms with Crippen molar-refractivity contribution in [1.82, 2.24) is 0 Å². The maximum absolute atomic E-state index is 11.6. The lowest BCUT2D eigenvalue weighted by atomic mass is 10.3. The van der Waals surface area contributed by atoms with Crippen LogP contribution in [0.3, 0.4) is 0 Å². The van der Waals surface area contributed by atoms with Crippen LogP contribution in [0.25, 0.3) is 0 Å². The van der Waals surface area contributed by atoms with E-state index in [2.05, 4.69) is 0 Å². The van der Waals surface area contributed by atoms with Gasteiger partial charge in [0, 0.05) is 6.92 Å². The molecule has 0 aromatic rings. The van der Waals surface area contributed by atoms with Crippen LogP contribution in [-0.4, -0.2) is 17.9 Å². The van der Waals surface area contributed by atoms with Crippen LogP contribution >= 0.6 is 0 Å². The number of rotatable bonds is 2.